The highest BCUT2D eigenvalue weighted by molar-refractivity contribution is 5.86. The quantitative estimate of drug-likeness (QED) is 0.574. The molecule has 0 aromatic carbocycles. The largest absolute Gasteiger partial charge is 0.481 e. The number of hydrogen-bond acceptors (Lipinski definition) is 3. The standard InChI is InChI=1S/C11H18FNO5/c1-2-3-4-7(12)10(16)13-8(11(17)18)5-6-9(14)15/h7-8H,2-6H2,1H3,(H,13,16)(H,14,15)(H,17,18)/t7?,8-/m0/s1. The molecular formula is C11H18FNO5. The topological polar surface area (TPSA) is 104 Å². The predicted molar refractivity (Wildman–Crippen MR) is 60.9 cm³/mol. The second-order valence-electron chi connectivity index (χ2n) is 3.94. The summed E-state index contributed by atoms with van der Waals surface area (Å²) in [6, 6.07) is -1.37. The summed E-state index contributed by atoms with van der Waals surface area (Å²) in [6.45, 7) is 1.84. The number of carbonyl (C=O) groups excluding carboxylic acids is 1. The van der Waals surface area contributed by atoms with Crippen LogP contribution in [-0.2, 0) is 14.4 Å². The van der Waals surface area contributed by atoms with Crippen molar-refractivity contribution >= 4 is 17.8 Å². The van der Waals surface area contributed by atoms with Crippen molar-refractivity contribution in [3.05, 3.63) is 0 Å². The zero-order valence-electron chi connectivity index (χ0n) is 10.2. The Bertz CT molecular complexity index is 308. The number of alkyl halides is 1. The van der Waals surface area contributed by atoms with Crippen molar-refractivity contribution in [1.82, 2.24) is 5.32 Å². The Kier molecular flexibility index (Phi) is 7.66. The van der Waals surface area contributed by atoms with E-state index in [1.807, 2.05) is 12.2 Å². The van der Waals surface area contributed by atoms with E-state index in [-0.39, 0.29) is 12.8 Å². The Balaban J connectivity index is 4.26. The average Bonchev–Trinajstić information content (AvgIpc) is 2.30. The van der Waals surface area contributed by atoms with Gasteiger partial charge < -0.3 is 15.5 Å². The molecule has 0 aliphatic rings. The maximum atomic E-state index is 13.3. The van der Waals surface area contributed by atoms with E-state index in [4.69, 9.17) is 10.2 Å². The normalized spacial score (nSPS) is 13.7. The summed E-state index contributed by atoms with van der Waals surface area (Å²) in [6.07, 6.45) is -1.12. The van der Waals surface area contributed by atoms with Gasteiger partial charge >= 0.3 is 11.9 Å². The molecule has 0 bridgehead atoms. The van der Waals surface area contributed by atoms with Gasteiger partial charge in [-0.25, -0.2) is 9.18 Å². The highest BCUT2D eigenvalue weighted by Gasteiger charge is 2.25. The van der Waals surface area contributed by atoms with Crippen molar-refractivity contribution in [2.24, 2.45) is 0 Å². The van der Waals surface area contributed by atoms with Crippen molar-refractivity contribution in [1.29, 1.82) is 0 Å². The maximum Gasteiger partial charge on any atom is 0.326 e. The highest BCUT2D eigenvalue weighted by atomic mass is 19.1. The van der Waals surface area contributed by atoms with Crippen molar-refractivity contribution in [2.45, 2.75) is 51.2 Å². The Hall–Kier alpha value is -1.66. The molecule has 0 fully saturated rings. The molecule has 1 unspecified atom stereocenters. The van der Waals surface area contributed by atoms with Crippen LogP contribution in [0, 0.1) is 0 Å². The fraction of sp³-hybridized carbons (Fsp3) is 0.727. The van der Waals surface area contributed by atoms with Crippen LogP contribution in [-0.4, -0.2) is 40.3 Å². The number of carboxylic acid groups (broad SMARTS) is 2. The first kappa shape index (κ1) is 16.3. The second-order valence-corrected chi connectivity index (χ2v) is 3.94. The van der Waals surface area contributed by atoms with Crippen LogP contribution < -0.4 is 5.32 Å². The maximum absolute atomic E-state index is 13.3. The number of halogens is 1. The smallest absolute Gasteiger partial charge is 0.326 e. The molecule has 0 aromatic heterocycles. The van der Waals surface area contributed by atoms with E-state index in [0.717, 1.165) is 6.42 Å². The third kappa shape index (κ3) is 6.82. The molecule has 0 saturated heterocycles. The van der Waals surface area contributed by atoms with E-state index in [9.17, 15) is 18.8 Å². The first-order valence-electron chi connectivity index (χ1n) is 5.77. The molecule has 2 atom stereocenters. The molecular weight excluding hydrogens is 245 g/mol. The molecule has 1 amide bonds. The molecule has 3 N–H and O–H groups in total. The van der Waals surface area contributed by atoms with E-state index < -0.39 is 36.5 Å². The van der Waals surface area contributed by atoms with E-state index in [0.29, 0.717) is 6.42 Å². The van der Waals surface area contributed by atoms with E-state index in [1.54, 1.807) is 0 Å². The molecule has 0 aromatic rings. The van der Waals surface area contributed by atoms with E-state index >= 15 is 0 Å². The van der Waals surface area contributed by atoms with Crippen LogP contribution in [0.2, 0.25) is 0 Å². The first-order valence-corrected chi connectivity index (χ1v) is 5.77. The average molecular weight is 263 g/mol. The van der Waals surface area contributed by atoms with Gasteiger partial charge in [0.2, 0.25) is 0 Å². The molecule has 0 spiro atoms. The predicted octanol–water partition coefficient (Wildman–Crippen LogP) is 0.949. The first-order chi connectivity index (χ1) is 8.38. The number of hydrogen-bond donors (Lipinski definition) is 3. The molecule has 0 saturated carbocycles. The summed E-state index contributed by atoms with van der Waals surface area (Å²) in [5.41, 5.74) is 0. The molecule has 7 heteroatoms. The van der Waals surface area contributed by atoms with E-state index in [1.165, 1.54) is 0 Å². The Labute approximate surface area is 104 Å². The summed E-state index contributed by atoms with van der Waals surface area (Å²) in [5.74, 6) is -3.54. The van der Waals surface area contributed by atoms with Crippen molar-refractivity contribution in [3.8, 4) is 0 Å². The summed E-state index contributed by atoms with van der Waals surface area (Å²) >= 11 is 0. The fourth-order valence-corrected chi connectivity index (χ4v) is 1.30. The molecule has 104 valence electrons. The Morgan fingerprint density at radius 1 is 1.22 bits per heavy atom. The summed E-state index contributed by atoms with van der Waals surface area (Å²) in [7, 11) is 0. The lowest BCUT2D eigenvalue weighted by Crippen LogP contribution is -2.44. The Morgan fingerprint density at radius 3 is 2.28 bits per heavy atom. The Morgan fingerprint density at radius 2 is 1.83 bits per heavy atom. The summed E-state index contributed by atoms with van der Waals surface area (Å²) < 4.78 is 13.3. The van der Waals surface area contributed by atoms with Gasteiger partial charge in [-0.2, -0.15) is 0 Å². The van der Waals surface area contributed by atoms with Gasteiger partial charge in [-0.05, 0) is 12.8 Å². The lowest BCUT2D eigenvalue weighted by atomic mass is 10.1. The lowest BCUT2D eigenvalue weighted by Gasteiger charge is -2.15. The zero-order chi connectivity index (χ0) is 14.1. The van der Waals surface area contributed by atoms with Crippen molar-refractivity contribution in [2.75, 3.05) is 0 Å². The number of carboxylic acids is 2. The van der Waals surface area contributed by atoms with Crippen LogP contribution in [0.25, 0.3) is 0 Å². The van der Waals surface area contributed by atoms with Gasteiger partial charge in [-0.15, -0.1) is 0 Å². The lowest BCUT2D eigenvalue weighted by molar-refractivity contribution is -0.143. The monoisotopic (exact) mass is 263 g/mol. The van der Waals surface area contributed by atoms with E-state index in [2.05, 4.69) is 0 Å². The molecule has 0 radical (unpaired) electrons. The van der Waals surface area contributed by atoms with Gasteiger partial charge in [0.15, 0.2) is 6.17 Å². The fourth-order valence-electron chi connectivity index (χ4n) is 1.30. The van der Waals surface area contributed by atoms with Crippen LogP contribution in [0.3, 0.4) is 0 Å². The number of unbranched alkanes of at least 4 members (excludes halogenated alkanes) is 1. The third-order valence-electron chi connectivity index (χ3n) is 2.36. The molecule has 18 heavy (non-hydrogen) atoms. The third-order valence-corrected chi connectivity index (χ3v) is 2.36. The van der Waals surface area contributed by atoms with Gasteiger partial charge in [-0.1, -0.05) is 19.8 Å². The number of amides is 1. The van der Waals surface area contributed by atoms with Crippen LogP contribution in [0.4, 0.5) is 4.39 Å². The van der Waals surface area contributed by atoms with Gasteiger partial charge in [0.25, 0.3) is 5.91 Å². The number of rotatable bonds is 9. The van der Waals surface area contributed by atoms with Crippen LogP contribution in [0.15, 0.2) is 0 Å². The molecule has 0 aliphatic heterocycles. The second kappa shape index (κ2) is 8.43. The number of nitrogens with one attached hydrogen (secondary N) is 1. The van der Waals surface area contributed by atoms with Gasteiger partial charge in [0.1, 0.15) is 6.04 Å². The molecule has 0 rings (SSSR count). The van der Waals surface area contributed by atoms with Crippen molar-refractivity contribution < 1.29 is 29.0 Å². The minimum absolute atomic E-state index is 0.0353. The molecule has 0 heterocycles. The highest BCUT2D eigenvalue weighted by Crippen LogP contribution is 2.06. The van der Waals surface area contributed by atoms with Crippen LogP contribution >= 0.6 is 0 Å². The minimum atomic E-state index is -1.75. The summed E-state index contributed by atoms with van der Waals surface area (Å²) in [5, 5.41) is 19.2. The van der Waals surface area contributed by atoms with Gasteiger partial charge in [0.05, 0.1) is 0 Å². The molecule has 6 nitrogen and oxygen atoms in total. The van der Waals surface area contributed by atoms with Gasteiger partial charge in [0, 0.05) is 6.42 Å². The molecule has 0 aliphatic carbocycles. The SMILES string of the molecule is CCCCC(F)C(=O)N[C@@H](CCC(=O)O)C(=O)O. The van der Waals surface area contributed by atoms with Crippen LogP contribution in [0.5, 0.6) is 0 Å². The number of carbonyl (C=O) groups is 3. The van der Waals surface area contributed by atoms with Gasteiger partial charge in [-0.3, -0.25) is 9.59 Å². The van der Waals surface area contributed by atoms with Crippen molar-refractivity contribution in [3.63, 3.8) is 0 Å². The van der Waals surface area contributed by atoms with Crippen LogP contribution in [0.1, 0.15) is 39.0 Å². The summed E-state index contributed by atoms with van der Waals surface area (Å²) in [4.78, 5) is 32.4. The number of aliphatic carboxylic acids is 2. The zero-order valence-corrected chi connectivity index (χ0v) is 10.2. The minimum Gasteiger partial charge on any atom is -0.481 e.